The molecular weight excluding hydrogens is 254 g/mol. The number of benzene rings is 1. The van der Waals surface area contributed by atoms with Crippen molar-refractivity contribution >= 4 is 5.91 Å². The van der Waals surface area contributed by atoms with Gasteiger partial charge in [0.1, 0.15) is 0 Å². The van der Waals surface area contributed by atoms with Gasteiger partial charge in [0.15, 0.2) is 17.4 Å². The number of ether oxygens (including phenoxy) is 1. The van der Waals surface area contributed by atoms with Crippen LogP contribution in [0.5, 0.6) is 5.75 Å². The monoisotopic (exact) mass is 272 g/mol. The third-order valence-corrected chi connectivity index (χ3v) is 2.82. The Morgan fingerprint density at radius 2 is 1.89 bits per heavy atom. The average Bonchev–Trinajstić information content (AvgIpc) is 2.31. The Morgan fingerprint density at radius 3 is 2.42 bits per heavy atom. The maximum absolute atomic E-state index is 13.2. The van der Waals surface area contributed by atoms with Crippen LogP contribution in [0.15, 0.2) is 18.2 Å². The van der Waals surface area contributed by atoms with E-state index >= 15 is 0 Å². The molecule has 0 aliphatic carbocycles. The molecule has 0 heterocycles. The Morgan fingerprint density at radius 1 is 1.32 bits per heavy atom. The van der Waals surface area contributed by atoms with E-state index in [-0.39, 0.29) is 12.4 Å². The second kappa shape index (κ2) is 6.47. The fourth-order valence-corrected chi connectivity index (χ4v) is 1.51. The molecule has 1 unspecified atom stereocenters. The van der Waals surface area contributed by atoms with Crippen LogP contribution in [0.25, 0.3) is 0 Å². The lowest BCUT2D eigenvalue weighted by Crippen LogP contribution is -2.49. The Hall–Kier alpha value is -1.69. The van der Waals surface area contributed by atoms with Crippen molar-refractivity contribution < 1.29 is 18.3 Å². The lowest BCUT2D eigenvalue weighted by atomic mass is 9.96. The predicted octanol–water partition coefficient (Wildman–Crippen LogP) is 1.72. The minimum absolute atomic E-state index is 0.146. The molecule has 19 heavy (non-hydrogen) atoms. The largest absolute Gasteiger partial charge is 0.488 e. The van der Waals surface area contributed by atoms with E-state index in [1.165, 1.54) is 6.07 Å². The number of hydrogen-bond donors (Lipinski definition) is 2. The summed E-state index contributed by atoms with van der Waals surface area (Å²) >= 11 is 0. The SMILES string of the molecule is CC(N)(CCCCOc1c(F)cccc1F)C(N)=O. The Kier molecular flexibility index (Phi) is 5.23. The van der Waals surface area contributed by atoms with Crippen LogP contribution in [0.1, 0.15) is 26.2 Å². The topological polar surface area (TPSA) is 78.3 Å². The summed E-state index contributed by atoms with van der Waals surface area (Å²) in [7, 11) is 0. The van der Waals surface area contributed by atoms with Gasteiger partial charge in [0, 0.05) is 0 Å². The molecular formula is C13H18F2N2O2. The van der Waals surface area contributed by atoms with Gasteiger partial charge in [0.05, 0.1) is 12.1 Å². The van der Waals surface area contributed by atoms with Crippen LogP contribution in [-0.4, -0.2) is 18.1 Å². The van der Waals surface area contributed by atoms with Crippen molar-refractivity contribution in [2.24, 2.45) is 11.5 Å². The van der Waals surface area contributed by atoms with E-state index < -0.39 is 23.1 Å². The summed E-state index contributed by atoms with van der Waals surface area (Å²) in [4.78, 5) is 11.0. The minimum Gasteiger partial charge on any atom is -0.488 e. The number of nitrogens with two attached hydrogens (primary N) is 2. The number of carbonyl (C=O) groups excluding carboxylic acids is 1. The Balaban J connectivity index is 2.34. The number of rotatable bonds is 7. The number of halogens is 2. The molecule has 0 aliphatic heterocycles. The molecule has 1 rings (SSSR count). The van der Waals surface area contributed by atoms with Crippen LogP contribution in [0, 0.1) is 11.6 Å². The maximum Gasteiger partial charge on any atom is 0.237 e. The highest BCUT2D eigenvalue weighted by atomic mass is 19.1. The molecule has 1 atom stereocenters. The van der Waals surface area contributed by atoms with Crippen molar-refractivity contribution in [3.63, 3.8) is 0 Å². The number of para-hydroxylation sites is 1. The van der Waals surface area contributed by atoms with Crippen molar-refractivity contribution in [2.45, 2.75) is 31.7 Å². The van der Waals surface area contributed by atoms with Crippen LogP contribution < -0.4 is 16.2 Å². The van der Waals surface area contributed by atoms with Gasteiger partial charge in [-0.05, 0) is 38.3 Å². The van der Waals surface area contributed by atoms with Crippen molar-refractivity contribution in [3.05, 3.63) is 29.8 Å². The third-order valence-electron chi connectivity index (χ3n) is 2.82. The summed E-state index contributed by atoms with van der Waals surface area (Å²) in [5, 5.41) is 0. The van der Waals surface area contributed by atoms with Crippen LogP contribution in [-0.2, 0) is 4.79 Å². The first-order chi connectivity index (χ1) is 8.84. The zero-order chi connectivity index (χ0) is 14.5. The van der Waals surface area contributed by atoms with Crippen molar-refractivity contribution in [1.82, 2.24) is 0 Å². The van der Waals surface area contributed by atoms with Crippen molar-refractivity contribution in [3.8, 4) is 5.75 Å². The standard InChI is InChI=1S/C13H18F2N2O2/c1-13(17,12(16)18)7-2-3-8-19-11-9(14)5-4-6-10(11)15/h4-6H,2-3,7-8,17H2,1H3,(H2,16,18). The lowest BCUT2D eigenvalue weighted by molar-refractivity contribution is -0.122. The summed E-state index contributed by atoms with van der Waals surface area (Å²) in [5.74, 6) is -2.43. The lowest BCUT2D eigenvalue weighted by Gasteiger charge is -2.19. The quantitative estimate of drug-likeness (QED) is 0.742. The third kappa shape index (κ3) is 4.48. The van der Waals surface area contributed by atoms with Gasteiger partial charge in [-0.1, -0.05) is 6.07 Å². The van der Waals surface area contributed by atoms with E-state index in [0.717, 1.165) is 12.1 Å². The molecule has 1 aromatic carbocycles. The molecule has 0 spiro atoms. The van der Waals surface area contributed by atoms with Crippen molar-refractivity contribution in [1.29, 1.82) is 0 Å². The Labute approximate surface area is 110 Å². The second-order valence-electron chi connectivity index (χ2n) is 4.64. The fraction of sp³-hybridized carbons (Fsp3) is 0.462. The molecule has 4 N–H and O–H groups in total. The molecule has 0 radical (unpaired) electrons. The van der Waals surface area contributed by atoms with Crippen LogP contribution >= 0.6 is 0 Å². The van der Waals surface area contributed by atoms with Crippen molar-refractivity contribution in [2.75, 3.05) is 6.61 Å². The first kappa shape index (κ1) is 15.4. The first-order valence-electron chi connectivity index (χ1n) is 6.00. The summed E-state index contributed by atoms with van der Waals surface area (Å²) < 4.78 is 31.5. The van der Waals surface area contributed by atoms with Gasteiger partial charge in [-0.3, -0.25) is 4.79 Å². The normalized spacial score (nSPS) is 13.9. The van der Waals surface area contributed by atoms with E-state index in [1.807, 2.05) is 0 Å². The van der Waals surface area contributed by atoms with E-state index in [1.54, 1.807) is 6.92 Å². The van der Waals surface area contributed by atoms with Gasteiger partial charge >= 0.3 is 0 Å². The molecule has 106 valence electrons. The molecule has 0 saturated carbocycles. The average molecular weight is 272 g/mol. The zero-order valence-corrected chi connectivity index (χ0v) is 10.8. The molecule has 1 amide bonds. The van der Waals surface area contributed by atoms with E-state index in [0.29, 0.717) is 19.3 Å². The minimum atomic E-state index is -1.07. The highest BCUT2D eigenvalue weighted by molar-refractivity contribution is 5.83. The molecule has 4 nitrogen and oxygen atoms in total. The number of carbonyl (C=O) groups is 1. The molecule has 0 fully saturated rings. The van der Waals surface area contributed by atoms with Gasteiger partial charge in [-0.25, -0.2) is 8.78 Å². The number of amides is 1. The molecule has 1 aromatic rings. The van der Waals surface area contributed by atoms with Gasteiger partial charge in [-0.2, -0.15) is 0 Å². The van der Waals surface area contributed by atoms with E-state index in [9.17, 15) is 13.6 Å². The highest BCUT2D eigenvalue weighted by Crippen LogP contribution is 2.21. The number of hydrogen-bond acceptors (Lipinski definition) is 3. The second-order valence-corrected chi connectivity index (χ2v) is 4.64. The predicted molar refractivity (Wildman–Crippen MR) is 67.5 cm³/mol. The van der Waals surface area contributed by atoms with E-state index in [4.69, 9.17) is 16.2 Å². The van der Waals surface area contributed by atoms with Gasteiger partial charge in [-0.15, -0.1) is 0 Å². The Bertz CT molecular complexity index is 430. The summed E-state index contributed by atoms with van der Waals surface area (Å²) in [6, 6.07) is 3.52. The molecule has 0 saturated heterocycles. The van der Waals surface area contributed by atoms with Crippen LogP contribution in [0.2, 0.25) is 0 Å². The van der Waals surface area contributed by atoms with Gasteiger partial charge in [0.2, 0.25) is 5.91 Å². The van der Waals surface area contributed by atoms with Gasteiger partial charge in [0.25, 0.3) is 0 Å². The maximum atomic E-state index is 13.2. The van der Waals surface area contributed by atoms with Crippen LogP contribution in [0.4, 0.5) is 8.78 Å². The smallest absolute Gasteiger partial charge is 0.237 e. The van der Waals surface area contributed by atoms with Gasteiger partial charge < -0.3 is 16.2 Å². The van der Waals surface area contributed by atoms with Crippen LogP contribution in [0.3, 0.4) is 0 Å². The van der Waals surface area contributed by atoms with E-state index in [2.05, 4.69) is 0 Å². The fourth-order valence-electron chi connectivity index (χ4n) is 1.51. The summed E-state index contributed by atoms with van der Waals surface area (Å²) in [5.41, 5.74) is 9.72. The number of primary amides is 1. The zero-order valence-electron chi connectivity index (χ0n) is 10.8. The molecule has 0 bridgehead atoms. The summed E-state index contributed by atoms with van der Waals surface area (Å²) in [6.45, 7) is 1.69. The summed E-state index contributed by atoms with van der Waals surface area (Å²) in [6.07, 6.45) is 1.49. The molecule has 6 heteroatoms. The highest BCUT2D eigenvalue weighted by Gasteiger charge is 2.24. The molecule has 0 aliphatic rings. The first-order valence-corrected chi connectivity index (χ1v) is 6.00. The number of unbranched alkanes of at least 4 members (excludes halogenated alkanes) is 1. The molecule has 0 aromatic heterocycles.